The molecule has 86 valence electrons. The van der Waals surface area contributed by atoms with Gasteiger partial charge < -0.3 is 5.11 Å². The standard InChI is InChI=1S/C13H15IO2/c1-2-6-12(15)11(9-14)13(16)10-7-4-3-5-8-10/h3-5,7-9,12,15H,2,6H2,1H3/b11-9+/t12-/m0/s1. The second kappa shape index (κ2) is 6.81. The minimum Gasteiger partial charge on any atom is -0.388 e. The van der Waals surface area contributed by atoms with Gasteiger partial charge in [0.15, 0.2) is 5.78 Å². The summed E-state index contributed by atoms with van der Waals surface area (Å²) in [5.74, 6) is -0.0871. The summed E-state index contributed by atoms with van der Waals surface area (Å²) < 4.78 is 1.67. The number of carbonyl (C=O) groups excluding carboxylic acids is 1. The Morgan fingerprint density at radius 3 is 2.56 bits per heavy atom. The van der Waals surface area contributed by atoms with Gasteiger partial charge in [0, 0.05) is 11.1 Å². The monoisotopic (exact) mass is 330 g/mol. The molecule has 1 N–H and O–H groups in total. The van der Waals surface area contributed by atoms with E-state index in [1.165, 1.54) is 0 Å². The van der Waals surface area contributed by atoms with Crippen LogP contribution in [0.4, 0.5) is 0 Å². The number of hydrogen-bond acceptors (Lipinski definition) is 2. The third-order valence-corrected chi connectivity index (χ3v) is 3.01. The highest BCUT2D eigenvalue weighted by molar-refractivity contribution is 14.1. The van der Waals surface area contributed by atoms with Crippen LogP contribution in [0.25, 0.3) is 0 Å². The fourth-order valence-corrected chi connectivity index (χ4v) is 2.16. The Bertz CT molecular complexity index is 371. The highest BCUT2D eigenvalue weighted by Gasteiger charge is 2.18. The van der Waals surface area contributed by atoms with Crippen molar-refractivity contribution in [1.82, 2.24) is 0 Å². The Labute approximate surface area is 110 Å². The minimum absolute atomic E-state index is 0.0871. The predicted octanol–water partition coefficient (Wildman–Crippen LogP) is 3.35. The van der Waals surface area contributed by atoms with Crippen molar-refractivity contribution >= 4 is 28.4 Å². The maximum Gasteiger partial charge on any atom is 0.192 e. The smallest absolute Gasteiger partial charge is 0.192 e. The molecule has 0 saturated heterocycles. The first-order chi connectivity index (χ1) is 7.70. The third-order valence-electron chi connectivity index (χ3n) is 2.34. The van der Waals surface area contributed by atoms with Gasteiger partial charge in [0.1, 0.15) is 0 Å². The van der Waals surface area contributed by atoms with E-state index in [2.05, 4.69) is 0 Å². The largest absolute Gasteiger partial charge is 0.388 e. The van der Waals surface area contributed by atoms with Crippen molar-refractivity contribution in [3.05, 3.63) is 45.6 Å². The van der Waals surface area contributed by atoms with E-state index in [9.17, 15) is 9.90 Å². The summed E-state index contributed by atoms with van der Waals surface area (Å²) in [7, 11) is 0. The number of ketones is 1. The highest BCUT2D eigenvalue weighted by atomic mass is 127. The number of carbonyl (C=O) groups is 1. The van der Waals surface area contributed by atoms with Gasteiger partial charge in [-0.2, -0.15) is 0 Å². The van der Waals surface area contributed by atoms with Crippen LogP contribution in [-0.4, -0.2) is 17.0 Å². The molecular weight excluding hydrogens is 315 g/mol. The molecule has 1 aromatic carbocycles. The van der Waals surface area contributed by atoms with Gasteiger partial charge in [-0.15, -0.1) is 0 Å². The lowest BCUT2D eigenvalue weighted by atomic mass is 9.98. The van der Waals surface area contributed by atoms with Crippen molar-refractivity contribution in [2.45, 2.75) is 25.9 Å². The zero-order valence-electron chi connectivity index (χ0n) is 9.19. The average molecular weight is 330 g/mol. The molecule has 0 unspecified atom stereocenters. The van der Waals surface area contributed by atoms with Crippen LogP contribution in [0.2, 0.25) is 0 Å². The van der Waals surface area contributed by atoms with Gasteiger partial charge in [-0.05, 0) is 10.5 Å². The predicted molar refractivity (Wildman–Crippen MR) is 73.8 cm³/mol. The summed E-state index contributed by atoms with van der Waals surface area (Å²) in [6.45, 7) is 1.99. The molecule has 1 atom stereocenters. The molecule has 1 rings (SSSR count). The molecule has 3 heteroatoms. The molecule has 0 aliphatic carbocycles. The third kappa shape index (κ3) is 3.42. The van der Waals surface area contributed by atoms with E-state index in [1.807, 2.05) is 47.7 Å². The lowest BCUT2D eigenvalue weighted by Crippen LogP contribution is -2.17. The molecule has 0 amide bonds. The average Bonchev–Trinajstić information content (AvgIpc) is 2.31. The summed E-state index contributed by atoms with van der Waals surface area (Å²) >= 11 is 2.00. The zero-order valence-corrected chi connectivity index (χ0v) is 11.3. The Kier molecular flexibility index (Phi) is 5.69. The zero-order chi connectivity index (χ0) is 12.0. The van der Waals surface area contributed by atoms with E-state index in [-0.39, 0.29) is 5.78 Å². The van der Waals surface area contributed by atoms with Crippen molar-refractivity contribution in [2.24, 2.45) is 0 Å². The summed E-state index contributed by atoms with van der Waals surface area (Å²) in [4.78, 5) is 12.1. The van der Waals surface area contributed by atoms with E-state index in [0.717, 1.165) is 6.42 Å². The Hall–Kier alpha value is -0.680. The lowest BCUT2D eigenvalue weighted by molar-refractivity contribution is 0.0983. The molecule has 1 aromatic rings. The van der Waals surface area contributed by atoms with Crippen LogP contribution in [0.1, 0.15) is 30.1 Å². The molecule has 0 fully saturated rings. The highest BCUT2D eigenvalue weighted by Crippen LogP contribution is 2.17. The fourth-order valence-electron chi connectivity index (χ4n) is 1.46. The number of aliphatic hydroxyl groups is 1. The van der Waals surface area contributed by atoms with E-state index < -0.39 is 6.10 Å². The second-order valence-electron chi connectivity index (χ2n) is 3.56. The Morgan fingerprint density at radius 1 is 1.44 bits per heavy atom. The first-order valence-corrected chi connectivity index (χ1v) is 6.53. The van der Waals surface area contributed by atoms with Crippen molar-refractivity contribution in [1.29, 1.82) is 0 Å². The number of aliphatic hydroxyl groups excluding tert-OH is 1. The Morgan fingerprint density at radius 2 is 2.06 bits per heavy atom. The van der Waals surface area contributed by atoms with Gasteiger partial charge in [0.2, 0.25) is 0 Å². The maximum atomic E-state index is 12.1. The first kappa shape index (κ1) is 13.4. The SMILES string of the molecule is CCC[C@H](O)/C(=C\I)C(=O)c1ccccc1. The van der Waals surface area contributed by atoms with Crippen LogP contribution >= 0.6 is 22.6 Å². The van der Waals surface area contributed by atoms with E-state index in [0.29, 0.717) is 17.6 Å². The van der Waals surface area contributed by atoms with Crippen LogP contribution in [0.5, 0.6) is 0 Å². The molecule has 2 nitrogen and oxygen atoms in total. The van der Waals surface area contributed by atoms with Gasteiger partial charge in [0.05, 0.1) is 6.10 Å². The quantitative estimate of drug-likeness (QED) is 0.511. The van der Waals surface area contributed by atoms with E-state index in [1.54, 1.807) is 16.2 Å². The van der Waals surface area contributed by atoms with Crippen molar-refractivity contribution in [2.75, 3.05) is 0 Å². The number of Topliss-reactive ketones (excluding diaryl/α,β-unsaturated/α-hetero) is 1. The van der Waals surface area contributed by atoms with E-state index in [4.69, 9.17) is 0 Å². The molecule has 16 heavy (non-hydrogen) atoms. The van der Waals surface area contributed by atoms with Crippen molar-refractivity contribution in [3.8, 4) is 0 Å². The van der Waals surface area contributed by atoms with Gasteiger partial charge in [-0.25, -0.2) is 0 Å². The lowest BCUT2D eigenvalue weighted by Gasteiger charge is -2.12. The summed E-state index contributed by atoms with van der Waals surface area (Å²) in [6, 6.07) is 9.05. The maximum absolute atomic E-state index is 12.1. The molecule has 0 aliphatic heterocycles. The summed E-state index contributed by atoms with van der Waals surface area (Å²) in [6.07, 6.45) is 0.819. The van der Waals surface area contributed by atoms with Gasteiger partial charge in [0.25, 0.3) is 0 Å². The molecule has 0 radical (unpaired) electrons. The fraction of sp³-hybridized carbons (Fsp3) is 0.308. The molecule has 0 bridgehead atoms. The van der Waals surface area contributed by atoms with Crippen LogP contribution in [0.3, 0.4) is 0 Å². The minimum atomic E-state index is -0.658. The molecule has 0 aromatic heterocycles. The van der Waals surface area contributed by atoms with Gasteiger partial charge >= 0.3 is 0 Å². The van der Waals surface area contributed by atoms with Crippen LogP contribution in [0.15, 0.2) is 40.0 Å². The Balaban J connectivity index is 2.87. The molecule has 0 saturated carbocycles. The van der Waals surface area contributed by atoms with Gasteiger partial charge in [-0.3, -0.25) is 4.79 Å². The molecule has 0 heterocycles. The molecule has 0 spiro atoms. The summed E-state index contributed by atoms with van der Waals surface area (Å²) in [5.41, 5.74) is 1.11. The van der Waals surface area contributed by atoms with Crippen LogP contribution in [-0.2, 0) is 0 Å². The topological polar surface area (TPSA) is 37.3 Å². The number of benzene rings is 1. The molecule has 0 aliphatic rings. The second-order valence-corrected chi connectivity index (χ2v) is 4.19. The summed E-state index contributed by atoms with van der Waals surface area (Å²) in [5, 5.41) is 9.85. The van der Waals surface area contributed by atoms with Crippen molar-refractivity contribution in [3.63, 3.8) is 0 Å². The number of hydrogen-bond donors (Lipinski definition) is 1. The normalized spacial score (nSPS) is 13.6. The molecular formula is C13H15IO2. The van der Waals surface area contributed by atoms with Gasteiger partial charge in [-0.1, -0.05) is 66.3 Å². The number of halogens is 1. The number of rotatable bonds is 5. The van der Waals surface area contributed by atoms with E-state index >= 15 is 0 Å². The van der Waals surface area contributed by atoms with Crippen molar-refractivity contribution < 1.29 is 9.90 Å². The van der Waals surface area contributed by atoms with Crippen LogP contribution < -0.4 is 0 Å². The van der Waals surface area contributed by atoms with Crippen LogP contribution in [0, 0.1) is 0 Å². The first-order valence-electron chi connectivity index (χ1n) is 5.28.